The number of ether oxygens (including phenoxy) is 1. The van der Waals surface area contributed by atoms with Gasteiger partial charge in [0.15, 0.2) is 6.10 Å². The van der Waals surface area contributed by atoms with Crippen LogP contribution in [0.1, 0.15) is 11.6 Å². The van der Waals surface area contributed by atoms with Crippen LogP contribution < -0.4 is 14.7 Å². The van der Waals surface area contributed by atoms with E-state index in [1.54, 1.807) is 66.7 Å². The summed E-state index contributed by atoms with van der Waals surface area (Å²) in [6.07, 6.45) is -1.12. The zero-order valence-electron chi connectivity index (χ0n) is 17.5. The van der Waals surface area contributed by atoms with Crippen molar-refractivity contribution in [1.82, 2.24) is 0 Å². The van der Waals surface area contributed by atoms with Crippen LogP contribution in [0, 0.1) is 16.0 Å². The minimum absolute atomic E-state index is 0.146. The Morgan fingerprint density at radius 2 is 1.61 bits per heavy atom. The van der Waals surface area contributed by atoms with Crippen molar-refractivity contribution in [2.45, 2.75) is 12.1 Å². The van der Waals surface area contributed by atoms with E-state index < -0.39 is 34.8 Å². The fourth-order valence-electron chi connectivity index (χ4n) is 4.44. The van der Waals surface area contributed by atoms with Gasteiger partial charge in [-0.05, 0) is 30.3 Å². The summed E-state index contributed by atoms with van der Waals surface area (Å²) in [5.41, 5.74) is 1.10. The van der Waals surface area contributed by atoms with Crippen molar-refractivity contribution in [1.29, 1.82) is 0 Å². The summed E-state index contributed by atoms with van der Waals surface area (Å²) in [5, 5.41) is 13.2. The number of carbonyl (C=O) groups excluding carboxylic acids is 2. The SMILES string of the molecule is COc1cccc(N2C(=O)[C@H]3[C@H](ON(c4ccccc4)[C@@H]3c3ccccc3[N+](=O)[O-])C2=O)c1. The van der Waals surface area contributed by atoms with Gasteiger partial charge in [0.25, 0.3) is 11.6 Å². The van der Waals surface area contributed by atoms with Crippen molar-refractivity contribution in [3.63, 3.8) is 0 Å². The smallest absolute Gasteiger partial charge is 0.274 e. The van der Waals surface area contributed by atoms with E-state index in [-0.39, 0.29) is 5.69 Å². The highest BCUT2D eigenvalue weighted by Crippen LogP contribution is 2.49. The first-order chi connectivity index (χ1) is 16.0. The van der Waals surface area contributed by atoms with E-state index in [4.69, 9.17) is 9.57 Å². The fourth-order valence-corrected chi connectivity index (χ4v) is 4.44. The van der Waals surface area contributed by atoms with Gasteiger partial charge in [-0.25, -0.2) is 9.96 Å². The Morgan fingerprint density at radius 1 is 0.909 bits per heavy atom. The lowest BCUT2D eigenvalue weighted by Gasteiger charge is -2.28. The second-order valence-electron chi connectivity index (χ2n) is 7.69. The van der Waals surface area contributed by atoms with Crippen molar-refractivity contribution in [3.05, 3.63) is 94.5 Å². The number of hydrogen-bond donors (Lipinski definition) is 0. The standard InChI is InChI=1S/C24H19N3O6/c1-32-17-11-7-10-16(14-17)25-23(28)20-21(18-12-5-6-13-19(18)27(30)31)26(33-22(20)24(25)29)15-8-3-2-4-9-15/h2-14,20-22H,1H3/t20-,21-,22+/m1/s1. The van der Waals surface area contributed by atoms with Crippen LogP contribution in [0.3, 0.4) is 0 Å². The summed E-state index contributed by atoms with van der Waals surface area (Å²) in [4.78, 5) is 45.4. The maximum Gasteiger partial charge on any atom is 0.274 e. The van der Waals surface area contributed by atoms with Crippen LogP contribution in [0.5, 0.6) is 5.75 Å². The molecule has 0 aliphatic carbocycles. The first kappa shape index (κ1) is 20.7. The zero-order valence-corrected chi connectivity index (χ0v) is 17.5. The number of amides is 2. The molecule has 0 unspecified atom stereocenters. The lowest BCUT2D eigenvalue weighted by molar-refractivity contribution is -0.385. The topological polar surface area (TPSA) is 102 Å². The molecule has 5 rings (SSSR count). The molecule has 33 heavy (non-hydrogen) atoms. The van der Waals surface area contributed by atoms with Gasteiger partial charge in [0.05, 0.1) is 29.0 Å². The van der Waals surface area contributed by atoms with Crippen molar-refractivity contribution in [3.8, 4) is 5.75 Å². The van der Waals surface area contributed by atoms with Gasteiger partial charge in [0.2, 0.25) is 5.91 Å². The summed E-state index contributed by atoms with van der Waals surface area (Å²) in [6, 6.07) is 20.9. The molecule has 3 atom stereocenters. The Kier molecular flexibility index (Phi) is 5.02. The molecular weight excluding hydrogens is 426 g/mol. The Morgan fingerprint density at radius 3 is 2.33 bits per heavy atom. The minimum atomic E-state index is -1.12. The van der Waals surface area contributed by atoms with Crippen molar-refractivity contribution in [2.75, 3.05) is 17.1 Å². The maximum atomic E-state index is 13.6. The van der Waals surface area contributed by atoms with Gasteiger partial charge in [-0.2, -0.15) is 0 Å². The van der Waals surface area contributed by atoms with Crippen LogP contribution in [0.25, 0.3) is 0 Å². The zero-order chi connectivity index (χ0) is 23.1. The third-order valence-corrected chi connectivity index (χ3v) is 5.89. The molecule has 2 fully saturated rings. The van der Waals surface area contributed by atoms with Gasteiger partial charge in [0, 0.05) is 12.1 Å². The van der Waals surface area contributed by atoms with Crippen molar-refractivity contribution >= 4 is 28.9 Å². The van der Waals surface area contributed by atoms with Crippen molar-refractivity contribution < 1.29 is 24.1 Å². The number of para-hydroxylation sites is 2. The van der Waals surface area contributed by atoms with Crippen LogP contribution in [0.4, 0.5) is 17.1 Å². The van der Waals surface area contributed by atoms with Gasteiger partial charge in [-0.15, -0.1) is 0 Å². The Labute approximate surface area is 188 Å². The number of hydroxylamine groups is 1. The molecule has 2 heterocycles. The molecule has 3 aromatic carbocycles. The van der Waals surface area contributed by atoms with Gasteiger partial charge in [0.1, 0.15) is 17.7 Å². The second-order valence-corrected chi connectivity index (χ2v) is 7.69. The average molecular weight is 445 g/mol. The third kappa shape index (κ3) is 3.30. The first-order valence-electron chi connectivity index (χ1n) is 10.3. The van der Waals surface area contributed by atoms with Crippen LogP contribution in [0.2, 0.25) is 0 Å². The summed E-state index contributed by atoms with van der Waals surface area (Å²) in [7, 11) is 1.49. The number of imide groups is 1. The predicted octanol–water partition coefficient (Wildman–Crippen LogP) is 3.65. The molecule has 3 aromatic rings. The molecule has 2 aliphatic rings. The highest BCUT2D eigenvalue weighted by Gasteiger charge is 2.61. The number of nitro groups is 1. The monoisotopic (exact) mass is 445 g/mol. The fraction of sp³-hybridized carbons (Fsp3) is 0.167. The lowest BCUT2D eigenvalue weighted by Crippen LogP contribution is -2.37. The van der Waals surface area contributed by atoms with Gasteiger partial charge in [-0.1, -0.05) is 36.4 Å². The van der Waals surface area contributed by atoms with Gasteiger partial charge < -0.3 is 4.74 Å². The quantitative estimate of drug-likeness (QED) is 0.336. The van der Waals surface area contributed by atoms with Crippen LogP contribution in [0.15, 0.2) is 78.9 Å². The summed E-state index contributed by atoms with van der Waals surface area (Å²) in [5.74, 6) is -1.49. The molecule has 9 nitrogen and oxygen atoms in total. The number of nitrogens with zero attached hydrogens (tertiary/aromatic N) is 3. The number of fused-ring (bicyclic) bond motifs is 1. The molecule has 0 radical (unpaired) electrons. The van der Waals surface area contributed by atoms with E-state index >= 15 is 0 Å². The number of anilines is 2. The van der Waals surface area contributed by atoms with Gasteiger partial charge >= 0.3 is 0 Å². The van der Waals surface area contributed by atoms with E-state index in [0.29, 0.717) is 22.7 Å². The lowest BCUT2D eigenvalue weighted by atomic mass is 9.89. The number of carbonyl (C=O) groups is 2. The molecule has 0 aromatic heterocycles. The van der Waals surface area contributed by atoms with E-state index in [0.717, 1.165) is 4.90 Å². The van der Waals surface area contributed by atoms with E-state index in [1.165, 1.54) is 18.2 Å². The summed E-state index contributed by atoms with van der Waals surface area (Å²) in [6.45, 7) is 0. The molecule has 2 aliphatic heterocycles. The van der Waals surface area contributed by atoms with E-state index in [9.17, 15) is 19.7 Å². The highest BCUT2D eigenvalue weighted by atomic mass is 16.7. The van der Waals surface area contributed by atoms with E-state index in [1.807, 2.05) is 6.07 Å². The summed E-state index contributed by atoms with van der Waals surface area (Å²) >= 11 is 0. The Bertz CT molecular complexity index is 1250. The molecule has 2 saturated heterocycles. The number of benzene rings is 3. The maximum absolute atomic E-state index is 13.6. The number of hydrogen-bond acceptors (Lipinski definition) is 7. The largest absolute Gasteiger partial charge is 0.497 e. The number of nitro benzene ring substituents is 1. The first-order valence-corrected chi connectivity index (χ1v) is 10.3. The normalized spacial score (nSPS) is 21.9. The summed E-state index contributed by atoms with van der Waals surface area (Å²) < 4.78 is 5.22. The molecule has 2 amide bonds. The molecule has 166 valence electrons. The highest BCUT2D eigenvalue weighted by molar-refractivity contribution is 6.24. The number of rotatable bonds is 5. The van der Waals surface area contributed by atoms with Crippen LogP contribution in [-0.4, -0.2) is 30.0 Å². The number of methoxy groups -OCH3 is 1. The molecule has 9 heteroatoms. The van der Waals surface area contributed by atoms with E-state index in [2.05, 4.69) is 0 Å². The molecular formula is C24H19N3O6. The second kappa shape index (κ2) is 8.03. The molecule has 0 spiro atoms. The van der Waals surface area contributed by atoms with Crippen LogP contribution in [-0.2, 0) is 14.4 Å². The Hall–Kier alpha value is -4.24. The molecule has 0 bridgehead atoms. The van der Waals surface area contributed by atoms with Crippen LogP contribution >= 0.6 is 0 Å². The Balaban J connectivity index is 1.63. The molecule has 0 N–H and O–H groups in total. The average Bonchev–Trinajstić information content (AvgIpc) is 3.35. The predicted molar refractivity (Wildman–Crippen MR) is 119 cm³/mol. The minimum Gasteiger partial charge on any atom is -0.497 e. The van der Waals surface area contributed by atoms with Gasteiger partial charge in [-0.3, -0.25) is 24.5 Å². The third-order valence-electron chi connectivity index (χ3n) is 5.89. The van der Waals surface area contributed by atoms with Crippen molar-refractivity contribution in [2.24, 2.45) is 5.92 Å². The molecule has 0 saturated carbocycles.